The molecular weight excluding hydrogens is 850 g/mol. The van der Waals surface area contributed by atoms with Crippen LogP contribution in [0.1, 0.15) is 66.4 Å². The molecule has 1 saturated heterocycles. The molecule has 64 heavy (non-hydrogen) atoms. The number of unbranched alkanes of at least 4 members (excludes halogenated alkanes) is 3. The second-order valence-electron chi connectivity index (χ2n) is 15.6. The van der Waals surface area contributed by atoms with Crippen molar-refractivity contribution in [3.8, 4) is 28.1 Å². The first-order valence-electron chi connectivity index (χ1n) is 20.9. The average molecular weight is 895 g/mol. The summed E-state index contributed by atoms with van der Waals surface area (Å²) in [6.07, 6.45) is 9.75. The first-order valence-corrected chi connectivity index (χ1v) is 21.7. The number of amides is 4. The predicted molar refractivity (Wildman–Crippen MR) is 237 cm³/mol. The van der Waals surface area contributed by atoms with Crippen molar-refractivity contribution in [3.05, 3.63) is 102 Å². The molecule has 3 aromatic carbocycles. The highest BCUT2D eigenvalue weighted by Crippen LogP contribution is 2.40. The number of aryl methyl sites for hydroxylation is 2. The van der Waals surface area contributed by atoms with E-state index in [-0.39, 0.29) is 67.3 Å². The molecule has 15 nitrogen and oxygen atoms in total. The lowest BCUT2D eigenvalue weighted by atomic mass is 10.0. The monoisotopic (exact) mass is 894 g/mol. The number of carbonyl (C=O) groups is 4. The highest BCUT2D eigenvalue weighted by molar-refractivity contribution is 8.00. The Morgan fingerprint density at radius 1 is 1.00 bits per heavy atom. The minimum Gasteiger partial charge on any atom is -0.491 e. The van der Waals surface area contributed by atoms with E-state index in [0.29, 0.717) is 70.7 Å². The van der Waals surface area contributed by atoms with Crippen molar-refractivity contribution in [2.24, 2.45) is 7.05 Å². The number of halogens is 3. The van der Waals surface area contributed by atoms with E-state index in [9.17, 15) is 32.3 Å². The minimum absolute atomic E-state index is 0.163. The summed E-state index contributed by atoms with van der Waals surface area (Å²) in [6.45, 7) is 1.03. The normalized spacial score (nSPS) is 14.9. The summed E-state index contributed by atoms with van der Waals surface area (Å²) in [4.78, 5) is 56.2. The van der Waals surface area contributed by atoms with Crippen molar-refractivity contribution in [3.63, 3.8) is 0 Å². The lowest BCUT2D eigenvalue weighted by Crippen LogP contribution is -2.52. The number of nitrogens with one attached hydrogen (secondary N) is 3. The Hall–Kier alpha value is -6.89. The molecule has 1 atom stereocenters. The van der Waals surface area contributed by atoms with Crippen LogP contribution in [-0.2, 0) is 40.9 Å². The Morgan fingerprint density at radius 2 is 1.81 bits per heavy atom. The zero-order valence-electron chi connectivity index (χ0n) is 34.8. The molecule has 4 amide bonds. The van der Waals surface area contributed by atoms with Gasteiger partial charge in [0.15, 0.2) is 0 Å². The van der Waals surface area contributed by atoms with Crippen LogP contribution in [0, 0.1) is 5.82 Å². The van der Waals surface area contributed by atoms with Crippen molar-refractivity contribution in [2.75, 3.05) is 22.4 Å². The van der Waals surface area contributed by atoms with Gasteiger partial charge >= 0.3 is 5.76 Å². The van der Waals surface area contributed by atoms with E-state index in [1.54, 1.807) is 72.7 Å². The van der Waals surface area contributed by atoms with Gasteiger partial charge in [-0.15, -0.1) is 0 Å². The molecule has 1 fully saturated rings. The number of carbonyl (C=O) groups excluding carboxylic acids is 4. The number of ether oxygens (including phenoxy) is 1. The van der Waals surface area contributed by atoms with Gasteiger partial charge in [-0.3, -0.25) is 33.9 Å². The number of rotatable bonds is 18. The molecule has 0 aliphatic carbocycles. The van der Waals surface area contributed by atoms with Crippen LogP contribution in [0.25, 0.3) is 33.3 Å². The maximum absolute atomic E-state index is 13.4. The molecule has 332 valence electrons. The molecule has 1 unspecified atom stereocenters. The van der Waals surface area contributed by atoms with Crippen LogP contribution >= 0.6 is 11.9 Å². The number of alkyl halides is 2. The van der Waals surface area contributed by atoms with E-state index in [2.05, 4.69) is 25.4 Å². The fourth-order valence-electron chi connectivity index (χ4n) is 8.11. The second-order valence-corrected chi connectivity index (χ2v) is 16.4. The number of nitrogens with zero attached hydrogens (tertiary/aromatic N) is 6. The number of benzene rings is 3. The predicted octanol–water partition coefficient (Wildman–Crippen LogP) is 7.47. The first kappa shape index (κ1) is 43.7. The summed E-state index contributed by atoms with van der Waals surface area (Å²) in [6, 6.07) is 15.6. The topological polar surface area (TPSA) is 191 Å². The quantitative estimate of drug-likeness (QED) is 0.0380. The molecule has 5 heterocycles. The molecule has 2 aliphatic rings. The third-order valence-electron chi connectivity index (χ3n) is 11.3. The zero-order chi connectivity index (χ0) is 44.9. The van der Waals surface area contributed by atoms with Crippen LogP contribution < -0.4 is 25.8 Å². The Labute approximate surface area is 370 Å². The number of nitrogen functional groups attached to an aromatic ring is 1. The molecular formula is C45H45F3N10O5S. The van der Waals surface area contributed by atoms with Gasteiger partial charge < -0.3 is 25.4 Å². The molecule has 5 N–H and O–H groups in total. The summed E-state index contributed by atoms with van der Waals surface area (Å²) in [5.41, 5.74) is 12.8. The van der Waals surface area contributed by atoms with Crippen LogP contribution in [0.4, 0.5) is 30.4 Å². The van der Waals surface area contributed by atoms with Gasteiger partial charge in [-0.2, -0.15) is 19.0 Å². The van der Waals surface area contributed by atoms with Crippen molar-refractivity contribution in [1.82, 2.24) is 34.8 Å². The van der Waals surface area contributed by atoms with E-state index in [0.717, 1.165) is 41.5 Å². The van der Waals surface area contributed by atoms with Gasteiger partial charge in [0.1, 0.15) is 29.1 Å². The van der Waals surface area contributed by atoms with E-state index in [1.807, 2.05) is 10.9 Å². The zero-order valence-corrected chi connectivity index (χ0v) is 35.6. The number of fused-ring (bicyclic) bond motifs is 2. The number of hydrogen-bond acceptors (Lipinski definition) is 11. The number of pyridine rings is 1. The van der Waals surface area contributed by atoms with Crippen molar-refractivity contribution < 1.29 is 37.1 Å². The lowest BCUT2D eigenvalue weighted by Gasteiger charge is -2.29. The standard InChI is InChI=1S/C45H45F3N10O5S/c1-56-41-31(23-50-42(49)39(41)40(54-56)27-12-15-34(55-64-45(47)48)36(21-27)63-20-18-26-10-13-29(46)14-11-26)28-22-51-57(24-28)19-5-3-2-4-9-37(59)52-33-8-6-7-30-32(33)25-58(44(30)62)35-16-17-38(60)53-43(35)61/h6-8,10-15,21-24,35,45,55H,2-5,9,16-20,25H2,1H3,(H2,49,50)(H,52,59)(H,53,60,61). The number of piperidine rings is 1. The number of aromatic nitrogens is 5. The molecule has 3 aromatic heterocycles. The summed E-state index contributed by atoms with van der Waals surface area (Å²) >= 11 is 0.257. The van der Waals surface area contributed by atoms with Gasteiger partial charge in [0.2, 0.25) is 17.7 Å². The lowest BCUT2D eigenvalue weighted by molar-refractivity contribution is -0.137. The van der Waals surface area contributed by atoms with Crippen molar-refractivity contribution in [1.29, 1.82) is 0 Å². The molecule has 19 heteroatoms. The molecule has 8 rings (SSSR count). The molecule has 0 saturated carbocycles. The van der Waals surface area contributed by atoms with Crippen LogP contribution in [0.15, 0.2) is 79.3 Å². The van der Waals surface area contributed by atoms with Crippen LogP contribution in [0.2, 0.25) is 0 Å². The highest BCUT2D eigenvalue weighted by Gasteiger charge is 2.40. The Bertz CT molecular complexity index is 2730. The van der Waals surface area contributed by atoms with Gasteiger partial charge in [-0.1, -0.05) is 37.1 Å². The fraction of sp³-hybridized carbons (Fsp3) is 0.311. The van der Waals surface area contributed by atoms with E-state index < -0.39 is 17.7 Å². The number of hydrogen-bond donors (Lipinski definition) is 4. The smallest absolute Gasteiger partial charge is 0.302 e. The second kappa shape index (κ2) is 19.2. The van der Waals surface area contributed by atoms with Crippen LogP contribution in [0.3, 0.4) is 0 Å². The number of imide groups is 1. The number of anilines is 3. The third-order valence-corrected chi connectivity index (χ3v) is 11.8. The fourth-order valence-corrected chi connectivity index (χ4v) is 8.50. The van der Waals surface area contributed by atoms with Gasteiger partial charge in [0, 0.05) is 97.2 Å². The molecule has 2 aliphatic heterocycles. The largest absolute Gasteiger partial charge is 0.491 e. The maximum atomic E-state index is 13.4. The van der Waals surface area contributed by atoms with Crippen LogP contribution in [-0.4, -0.2) is 71.5 Å². The van der Waals surface area contributed by atoms with Crippen molar-refractivity contribution in [2.45, 2.75) is 76.3 Å². The Kier molecular flexibility index (Phi) is 13.2. The summed E-state index contributed by atoms with van der Waals surface area (Å²) < 4.78 is 52.0. The van der Waals surface area contributed by atoms with Gasteiger partial charge in [0.05, 0.1) is 29.4 Å². The highest BCUT2D eigenvalue weighted by atomic mass is 32.2. The Balaban J connectivity index is 0.866. The van der Waals surface area contributed by atoms with E-state index >= 15 is 0 Å². The maximum Gasteiger partial charge on any atom is 0.302 e. The van der Waals surface area contributed by atoms with Crippen molar-refractivity contribution >= 4 is 63.7 Å². The van der Waals surface area contributed by atoms with E-state index in [4.69, 9.17) is 15.6 Å². The van der Waals surface area contributed by atoms with E-state index in [1.165, 1.54) is 17.0 Å². The molecule has 0 bridgehead atoms. The van der Waals surface area contributed by atoms with Gasteiger partial charge in [-0.25, -0.2) is 9.37 Å². The summed E-state index contributed by atoms with van der Waals surface area (Å²) in [5, 5.41) is 15.3. The van der Waals surface area contributed by atoms with Gasteiger partial charge in [-0.05, 0) is 61.2 Å². The molecule has 0 radical (unpaired) electrons. The average Bonchev–Trinajstić information content (AvgIpc) is 3.99. The summed E-state index contributed by atoms with van der Waals surface area (Å²) in [7, 11) is 1.81. The summed E-state index contributed by atoms with van der Waals surface area (Å²) in [5.74, 6) is -3.70. The van der Waals surface area contributed by atoms with Crippen LogP contribution in [0.5, 0.6) is 5.75 Å². The third kappa shape index (κ3) is 9.68. The minimum atomic E-state index is -2.66. The molecule has 6 aromatic rings. The number of nitrogens with two attached hydrogens (primary N) is 1. The Morgan fingerprint density at radius 3 is 2.61 bits per heavy atom. The van der Waals surface area contributed by atoms with Gasteiger partial charge in [0.25, 0.3) is 5.91 Å². The SMILES string of the molecule is Cn1nc(-c2ccc(NSC(F)F)c(OCCc3ccc(F)cc3)c2)c2c(N)ncc(-c3cnn(CCCCCCC(=O)Nc4cccc5c4CN(C4CCC(=O)NC4=O)C5=O)c3)c21. The molecule has 0 spiro atoms. The first-order chi connectivity index (χ1) is 30.9.